The Morgan fingerprint density at radius 2 is 1.90 bits per heavy atom. The lowest BCUT2D eigenvalue weighted by Gasteiger charge is -2.19. The molecule has 31 heavy (non-hydrogen) atoms. The van der Waals surface area contributed by atoms with Gasteiger partial charge < -0.3 is 14.8 Å². The van der Waals surface area contributed by atoms with Gasteiger partial charge >= 0.3 is 5.97 Å². The zero-order valence-electron chi connectivity index (χ0n) is 17.6. The predicted molar refractivity (Wildman–Crippen MR) is 116 cm³/mol. The van der Waals surface area contributed by atoms with Crippen molar-refractivity contribution in [3.63, 3.8) is 0 Å². The Bertz CT molecular complexity index is 1060. The van der Waals surface area contributed by atoms with E-state index in [1.807, 2.05) is 0 Å². The average Bonchev–Trinajstić information content (AvgIpc) is 2.75. The second-order valence-electron chi connectivity index (χ2n) is 6.33. The number of nitrogens with zero attached hydrogens (tertiary/aromatic N) is 2. The summed E-state index contributed by atoms with van der Waals surface area (Å²) in [6.07, 6.45) is 0.254. The van der Waals surface area contributed by atoms with E-state index in [2.05, 4.69) is 10.3 Å². The number of rotatable bonds is 9. The van der Waals surface area contributed by atoms with Gasteiger partial charge in [-0.15, -0.1) is 0 Å². The number of anilines is 1. The fourth-order valence-electron chi connectivity index (χ4n) is 2.69. The number of hydrogen-bond donors (Lipinski definition) is 1. The van der Waals surface area contributed by atoms with Crippen LogP contribution in [0, 0.1) is 0 Å². The first kappa shape index (κ1) is 24.6. The lowest BCUT2D eigenvalue weighted by Crippen LogP contribution is -2.31. The van der Waals surface area contributed by atoms with Crippen molar-refractivity contribution in [3.05, 3.63) is 47.1 Å². The summed E-state index contributed by atoms with van der Waals surface area (Å²) in [5.41, 5.74) is 0.150. The molecule has 0 spiro atoms. The zero-order chi connectivity index (χ0) is 23.2. The van der Waals surface area contributed by atoms with Crippen LogP contribution in [0.25, 0.3) is 0 Å². The van der Waals surface area contributed by atoms with Crippen molar-refractivity contribution in [2.75, 3.05) is 25.5 Å². The monoisotopic (exact) mass is 469 g/mol. The number of carbonyl (C=O) groups excluding carboxylic acids is 2. The maximum Gasteiger partial charge on any atom is 0.344 e. The molecule has 0 bridgehead atoms. The highest BCUT2D eigenvalue weighted by Gasteiger charge is 2.25. The first-order valence-corrected chi connectivity index (χ1v) is 11.3. The van der Waals surface area contributed by atoms with Crippen LogP contribution in [0.15, 0.2) is 41.4 Å². The molecule has 0 radical (unpaired) electrons. The number of hydrogen-bond acceptors (Lipinski definition) is 7. The highest BCUT2D eigenvalue weighted by molar-refractivity contribution is 7.89. The number of nitrogens with one attached hydrogen (secondary N) is 1. The number of sulfonamides is 1. The van der Waals surface area contributed by atoms with Gasteiger partial charge in [-0.25, -0.2) is 18.2 Å². The SMILES string of the molecule is CCN(CC)S(=O)(=O)c1ccc(Cl)c(NC(=O)C(C)OC(=O)c2cccnc2OC)c1. The van der Waals surface area contributed by atoms with Gasteiger partial charge in [-0.3, -0.25) is 4.79 Å². The highest BCUT2D eigenvalue weighted by atomic mass is 35.5. The fraction of sp³-hybridized carbons (Fsp3) is 0.350. The topological polar surface area (TPSA) is 115 Å². The summed E-state index contributed by atoms with van der Waals surface area (Å²) in [5, 5.41) is 2.64. The smallest absolute Gasteiger partial charge is 0.344 e. The second-order valence-corrected chi connectivity index (χ2v) is 8.67. The molecule has 0 aliphatic rings. The van der Waals surface area contributed by atoms with Crippen LogP contribution in [-0.2, 0) is 19.6 Å². The third kappa shape index (κ3) is 5.72. The summed E-state index contributed by atoms with van der Waals surface area (Å²) in [7, 11) is -2.38. The molecule has 0 fully saturated rings. The van der Waals surface area contributed by atoms with Crippen LogP contribution in [0.5, 0.6) is 5.88 Å². The van der Waals surface area contributed by atoms with E-state index >= 15 is 0 Å². The van der Waals surface area contributed by atoms with Gasteiger partial charge in [0.05, 0.1) is 22.7 Å². The predicted octanol–water partition coefficient (Wildman–Crippen LogP) is 2.96. The van der Waals surface area contributed by atoms with E-state index in [9.17, 15) is 18.0 Å². The Kier molecular flexibility index (Phi) is 8.37. The van der Waals surface area contributed by atoms with Crippen LogP contribution in [0.4, 0.5) is 5.69 Å². The number of carbonyl (C=O) groups is 2. The number of pyridine rings is 1. The molecule has 0 saturated carbocycles. The molecule has 0 aliphatic heterocycles. The Hall–Kier alpha value is -2.69. The van der Waals surface area contributed by atoms with E-state index in [1.54, 1.807) is 13.8 Å². The Morgan fingerprint density at radius 3 is 2.52 bits per heavy atom. The zero-order valence-corrected chi connectivity index (χ0v) is 19.2. The van der Waals surface area contributed by atoms with Gasteiger partial charge in [0.1, 0.15) is 5.56 Å². The van der Waals surface area contributed by atoms with Gasteiger partial charge in [-0.1, -0.05) is 25.4 Å². The Balaban J connectivity index is 2.18. The van der Waals surface area contributed by atoms with Gasteiger partial charge in [-0.2, -0.15) is 4.31 Å². The van der Waals surface area contributed by atoms with Crippen LogP contribution in [0.2, 0.25) is 5.02 Å². The van der Waals surface area contributed by atoms with Crippen LogP contribution >= 0.6 is 11.6 Å². The highest BCUT2D eigenvalue weighted by Crippen LogP contribution is 2.27. The van der Waals surface area contributed by atoms with Crippen molar-refractivity contribution in [1.29, 1.82) is 0 Å². The molecule has 1 aromatic carbocycles. The van der Waals surface area contributed by atoms with Crippen molar-refractivity contribution in [2.45, 2.75) is 31.8 Å². The van der Waals surface area contributed by atoms with Crippen LogP contribution in [0.1, 0.15) is 31.1 Å². The standard InChI is InChI=1S/C20H24ClN3O6S/c1-5-24(6-2)31(27,28)14-9-10-16(21)17(12-14)23-18(25)13(3)30-20(26)15-8-7-11-22-19(15)29-4/h7-13H,5-6H2,1-4H3,(H,23,25). The number of aromatic nitrogens is 1. The molecule has 1 N–H and O–H groups in total. The van der Waals surface area contributed by atoms with E-state index in [0.717, 1.165) is 0 Å². The molecular weight excluding hydrogens is 446 g/mol. The van der Waals surface area contributed by atoms with Gasteiger partial charge in [0.25, 0.3) is 5.91 Å². The minimum absolute atomic E-state index is 0.0133. The van der Waals surface area contributed by atoms with Gasteiger partial charge in [0.15, 0.2) is 6.10 Å². The summed E-state index contributed by atoms with van der Waals surface area (Å²) in [6, 6.07) is 7.00. The Labute approximate surface area is 186 Å². The van der Waals surface area contributed by atoms with Crippen LogP contribution in [-0.4, -0.2) is 55.9 Å². The quantitative estimate of drug-likeness (QED) is 0.561. The van der Waals surface area contributed by atoms with Crippen molar-refractivity contribution >= 4 is 39.2 Å². The molecule has 2 aromatic rings. The normalized spacial score (nSPS) is 12.3. The summed E-state index contributed by atoms with van der Waals surface area (Å²) in [5.74, 6) is -1.41. The number of methoxy groups -OCH3 is 1. The van der Waals surface area contributed by atoms with Crippen LogP contribution in [0.3, 0.4) is 0 Å². The van der Waals surface area contributed by atoms with Gasteiger partial charge in [0.2, 0.25) is 15.9 Å². The maximum atomic E-state index is 12.7. The number of ether oxygens (including phenoxy) is 2. The first-order valence-electron chi connectivity index (χ1n) is 9.46. The summed E-state index contributed by atoms with van der Waals surface area (Å²) < 4.78 is 36.9. The van der Waals surface area contributed by atoms with Crippen LogP contribution < -0.4 is 10.1 Å². The molecule has 1 atom stereocenters. The van der Waals surface area contributed by atoms with Crippen molar-refractivity contribution in [2.24, 2.45) is 0 Å². The minimum atomic E-state index is -3.74. The number of amides is 1. The molecule has 9 nitrogen and oxygen atoms in total. The second kappa shape index (κ2) is 10.6. The van der Waals surface area contributed by atoms with E-state index in [-0.39, 0.29) is 27.0 Å². The maximum absolute atomic E-state index is 12.7. The van der Waals surface area contributed by atoms with E-state index in [1.165, 1.54) is 54.9 Å². The summed E-state index contributed by atoms with van der Waals surface area (Å²) in [4.78, 5) is 28.8. The number of esters is 1. The van der Waals surface area contributed by atoms with Crippen molar-refractivity contribution in [3.8, 4) is 5.88 Å². The summed E-state index contributed by atoms with van der Waals surface area (Å²) >= 11 is 6.13. The van der Waals surface area contributed by atoms with Crippen molar-refractivity contribution in [1.82, 2.24) is 9.29 Å². The van der Waals surface area contributed by atoms with Gasteiger partial charge in [-0.05, 0) is 37.3 Å². The minimum Gasteiger partial charge on any atom is -0.480 e. The molecule has 2 rings (SSSR count). The third-order valence-corrected chi connectivity index (χ3v) is 6.75. The molecule has 1 unspecified atom stereocenters. The molecule has 11 heteroatoms. The fourth-order valence-corrected chi connectivity index (χ4v) is 4.34. The molecule has 0 aliphatic carbocycles. The van der Waals surface area contributed by atoms with E-state index in [0.29, 0.717) is 13.1 Å². The summed E-state index contributed by atoms with van der Waals surface area (Å²) in [6.45, 7) is 5.43. The lowest BCUT2D eigenvalue weighted by atomic mass is 10.2. The number of halogens is 1. The van der Waals surface area contributed by atoms with Gasteiger partial charge in [0, 0.05) is 19.3 Å². The molecule has 1 amide bonds. The van der Waals surface area contributed by atoms with E-state index in [4.69, 9.17) is 21.1 Å². The first-order chi connectivity index (χ1) is 14.6. The molecular formula is C20H24ClN3O6S. The molecule has 168 valence electrons. The van der Waals surface area contributed by atoms with E-state index < -0.39 is 28.0 Å². The van der Waals surface area contributed by atoms with Crippen molar-refractivity contribution < 1.29 is 27.5 Å². The molecule has 0 saturated heterocycles. The Morgan fingerprint density at radius 1 is 1.23 bits per heavy atom. The lowest BCUT2D eigenvalue weighted by molar-refractivity contribution is -0.123. The molecule has 1 aromatic heterocycles. The third-order valence-electron chi connectivity index (χ3n) is 4.38. The molecule has 1 heterocycles. The number of benzene rings is 1. The largest absolute Gasteiger partial charge is 0.480 e. The average molecular weight is 470 g/mol.